The Kier molecular flexibility index (Phi) is 7.79. The lowest BCUT2D eigenvalue weighted by molar-refractivity contribution is 0.104. The number of rotatable bonds is 10. The second kappa shape index (κ2) is 11.0. The Balaban J connectivity index is 1.39. The van der Waals surface area contributed by atoms with E-state index in [1.807, 2.05) is 67.6 Å². The highest BCUT2D eigenvalue weighted by Gasteiger charge is 2.00. The van der Waals surface area contributed by atoms with E-state index in [0.29, 0.717) is 12.2 Å². The third-order valence-corrected chi connectivity index (χ3v) is 4.94. The Morgan fingerprint density at radius 2 is 1.57 bits per heavy atom. The molecule has 152 valence electrons. The van der Waals surface area contributed by atoms with Crippen molar-refractivity contribution in [3.05, 3.63) is 114 Å². The van der Waals surface area contributed by atoms with Crippen molar-refractivity contribution < 1.29 is 9.53 Å². The molecular weight excluding hydrogens is 368 g/mol. The van der Waals surface area contributed by atoms with Crippen molar-refractivity contribution in [3.8, 4) is 5.75 Å². The van der Waals surface area contributed by atoms with Crippen LogP contribution in [0.2, 0.25) is 0 Å². The van der Waals surface area contributed by atoms with E-state index in [1.54, 1.807) is 6.08 Å². The number of benzene rings is 3. The molecule has 0 saturated carbocycles. The van der Waals surface area contributed by atoms with Crippen molar-refractivity contribution in [3.63, 3.8) is 0 Å². The van der Waals surface area contributed by atoms with Crippen molar-refractivity contribution in [1.29, 1.82) is 0 Å². The minimum absolute atomic E-state index is 0.00481. The van der Waals surface area contributed by atoms with Gasteiger partial charge >= 0.3 is 0 Å². The highest BCUT2D eigenvalue weighted by atomic mass is 16.5. The number of hydrogen-bond donors (Lipinski definition) is 0. The van der Waals surface area contributed by atoms with Gasteiger partial charge in [-0.2, -0.15) is 0 Å². The molecule has 0 heterocycles. The number of ether oxygens (including phenoxy) is 1. The first-order valence-corrected chi connectivity index (χ1v) is 10.4. The molecule has 0 spiro atoms. The first-order valence-electron chi connectivity index (χ1n) is 10.4. The minimum atomic E-state index is 0.00481. The molecular formula is C28H28O2. The molecule has 0 aliphatic rings. The minimum Gasteiger partial charge on any atom is -0.494 e. The van der Waals surface area contributed by atoms with Crippen LogP contribution < -0.4 is 4.74 Å². The first-order chi connectivity index (χ1) is 14.6. The van der Waals surface area contributed by atoms with Crippen LogP contribution in [0.5, 0.6) is 5.75 Å². The van der Waals surface area contributed by atoms with E-state index < -0.39 is 0 Å². The fraction of sp³-hybridized carbons (Fsp3) is 0.179. The van der Waals surface area contributed by atoms with Crippen LogP contribution in [0, 0.1) is 0 Å². The van der Waals surface area contributed by atoms with Crippen LogP contribution in [0.25, 0.3) is 11.6 Å². The maximum absolute atomic E-state index is 12.1. The maximum atomic E-state index is 12.1. The van der Waals surface area contributed by atoms with E-state index in [0.717, 1.165) is 36.1 Å². The van der Waals surface area contributed by atoms with Gasteiger partial charge in [-0.15, -0.1) is 0 Å². The molecule has 0 N–H and O–H groups in total. The molecule has 2 heteroatoms. The number of allylic oxidation sites excluding steroid dienone is 2. The zero-order valence-electron chi connectivity index (χ0n) is 17.5. The molecule has 0 fully saturated rings. The number of hydrogen-bond acceptors (Lipinski definition) is 2. The Hall–Kier alpha value is -3.39. The summed E-state index contributed by atoms with van der Waals surface area (Å²) in [4.78, 5) is 12.1. The van der Waals surface area contributed by atoms with Gasteiger partial charge in [-0.1, -0.05) is 85.0 Å². The van der Waals surface area contributed by atoms with Crippen LogP contribution in [0.1, 0.15) is 46.8 Å². The van der Waals surface area contributed by atoms with E-state index in [-0.39, 0.29) is 5.78 Å². The van der Waals surface area contributed by atoms with Crippen molar-refractivity contribution in [2.45, 2.75) is 26.2 Å². The summed E-state index contributed by atoms with van der Waals surface area (Å²) < 4.78 is 5.84. The van der Waals surface area contributed by atoms with Gasteiger partial charge in [0.15, 0.2) is 5.78 Å². The maximum Gasteiger partial charge on any atom is 0.185 e. The molecule has 0 aliphatic heterocycles. The monoisotopic (exact) mass is 396 g/mol. The lowest BCUT2D eigenvalue weighted by atomic mass is 10.0. The molecule has 3 rings (SSSR count). The van der Waals surface area contributed by atoms with Gasteiger partial charge in [-0.05, 0) is 61.1 Å². The van der Waals surface area contributed by atoms with Gasteiger partial charge in [0.2, 0.25) is 0 Å². The molecule has 30 heavy (non-hydrogen) atoms. The summed E-state index contributed by atoms with van der Waals surface area (Å²) in [7, 11) is 0. The molecule has 0 atom stereocenters. The van der Waals surface area contributed by atoms with Gasteiger partial charge in [0.05, 0.1) is 6.61 Å². The molecule has 3 aromatic rings. The fourth-order valence-electron chi connectivity index (χ4n) is 3.12. The van der Waals surface area contributed by atoms with Crippen molar-refractivity contribution >= 4 is 17.4 Å². The molecule has 0 aliphatic carbocycles. The Labute approximate surface area is 179 Å². The van der Waals surface area contributed by atoms with Crippen molar-refractivity contribution in [1.82, 2.24) is 0 Å². The normalized spacial score (nSPS) is 10.8. The summed E-state index contributed by atoms with van der Waals surface area (Å²) in [5, 5.41) is 0. The summed E-state index contributed by atoms with van der Waals surface area (Å²) in [6.45, 7) is 6.70. The van der Waals surface area contributed by atoms with E-state index in [9.17, 15) is 4.79 Å². The highest BCUT2D eigenvalue weighted by Crippen LogP contribution is 2.16. The SMILES string of the molecule is C=C(C)c1ccc(CCCCOc2ccc(/C=C/C(=O)c3ccccc3)cc2)cc1. The van der Waals surface area contributed by atoms with Gasteiger partial charge < -0.3 is 4.74 Å². The Morgan fingerprint density at radius 1 is 0.867 bits per heavy atom. The van der Waals surface area contributed by atoms with Gasteiger partial charge in [0.1, 0.15) is 5.75 Å². The van der Waals surface area contributed by atoms with Crippen LogP contribution in [0.15, 0.2) is 91.5 Å². The molecule has 0 aromatic heterocycles. The first kappa shape index (κ1) is 21.3. The average molecular weight is 397 g/mol. The molecule has 0 radical (unpaired) electrons. The average Bonchev–Trinajstić information content (AvgIpc) is 2.79. The predicted octanol–water partition coefficient (Wildman–Crippen LogP) is 7.02. The number of unbranched alkanes of at least 4 members (excludes halogenated alkanes) is 1. The number of carbonyl (C=O) groups is 1. The lowest BCUT2D eigenvalue weighted by Crippen LogP contribution is -1.98. The van der Waals surface area contributed by atoms with Crippen LogP contribution in [0.4, 0.5) is 0 Å². The predicted molar refractivity (Wildman–Crippen MR) is 126 cm³/mol. The van der Waals surface area contributed by atoms with Crippen LogP contribution in [-0.2, 0) is 6.42 Å². The summed E-state index contributed by atoms with van der Waals surface area (Å²) in [5.41, 5.74) is 5.32. The lowest BCUT2D eigenvalue weighted by Gasteiger charge is -2.07. The number of ketones is 1. The van der Waals surface area contributed by atoms with E-state index >= 15 is 0 Å². The van der Waals surface area contributed by atoms with E-state index in [2.05, 4.69) is 30.8 Å². The molecule has 0 unspecified atom stereocenters. The molecule has 3 aromatic carbocycles. The number of carbonyl (C=O) groups excluding carboxylic acids is 1. The summed E-state index contributed by atoms with van der Waals surface area (Å²) in [6, 6.07) is 25.7. The highest BCUT2D eigenvalue weighted by molar-refractivity contribution is 6.06. The largest absolute Gasteiger partial charge is 0.494 e. The van der Waals surface area contributed by atoms with Crippen LogP contribution in [0.3, 0.4) is 0 Å². The van der Waals surface area contributed by atoms with Gasteiger partial charge in [0, 0.05) is 5.56 Å². The molecule has 0 amide bonds. The summed E-state index contributed by atoms with van der Waals surface area (Å²) in [5.74, 6) is 0.859. The van der Waals surface area contributed by atoms with Gasteiger partial charge in [0.25, 0.3) is 0 Å². The third-order valence-electron chi connectivity index (χ3n) is 4.94. The van der Waals surface area contributed by atoms with Crippen LogP contribution >= 0.6 is 0 Å². The van der Waals surface area contributed by atoms with Crippen molar-refractivity contribution in [2.75, 3.05) is 6.61 Å². The Bertz CT molecular complexity index is 981. The van der Waals surface area contributed by atoms with E-state index in [4.69, 9.17) is 4.74 Å². The third kappa shape index (κ3) is 6.59. The second-order valence-corrected chi connectivity index (χ2v) is 7.42. The summed E-state index contributed by atoms with van der Waals surface area (Å²) in [6.07, 6.45) is 6.59. The van der Waals surface area contributed by atoms with Crippen molar-refractivity contribution in [2.24, 2.45) is 0 Å². The quantitative estimate of drug-likeness (QED) is 0.209. The Morgan fingerprint density at radius 3 is 2.23 bits per heavy atom. The zero-order valence-corrected chi connectivity index (χ0v) is 17.5. The molecule has 0 bridgehead atoms. The standard InChI is InChI=1S/C28H28O2/c1-22(2)25-16-11-23(12-17-25)8-6-7-21-30-27-18-13-24(14-19-27)15-20-28(29)26-9-4-3-5-10-26/h3-5,9-20H,1,6-8,21H2,2H3/b20-15+. The van der Waals surface area contributed by atoms with E-state index in [1.165, 1.54) is 11.1 Å². The molecule has 0 saturated heterocycles. The topological polar surface area (TPSA) is 26.3 Å². The van der Waals surface area contributed by atoms with Gasteiger partial charge in [-0.3, -0.25) is 4.79 Å². The summed E-state index contributed by atoms with van der Waals surface area (Å²) >= 11 is 0. The van der Waals surface area contributed by atoms with Gasteiger partial charge in [-0.25, -0.2) is 0 Å². The second-order valence-electron chi connectivity index (χ2n) is 7.42. The zero-order chi connectivity index (χ0) is 21.2. The smallest absolute Gasteiger partial charge is 0.185 e. The molecule has 2 nitrogen and oxygen atoms in total. The number of aryl methyl sites for hydroxylation is 1. The van der Waals surface area contributed by atoms with Crippen LogP contribution in [-0.4, -0.2) is 12.4 Å². The fourth-order valence-corrected chi connectivity index (χ4v) is 3.12.